The fourth-order valence-electron chi connectivity index (χ4n) is 1.18. The SMILES string of the molecule is COc1ccc(CCN(C)CS)cc1. The van der Waals surface area contributed by atoms with Gasteiger partial charge in [0.1, 0.15) is 5.75 Å². The predicted octanol–water partition coefficient (Wildman–Crippen LogP) is 2.06. The second-order valence-electron chi connectivity index (χ2n) is 3.32. The molecule has 2 nitrogen and oxygen atoms in total. The highest BCUT2D eigenvalue weighted by molar-refractivity contribution is 7.80. The lowest BCUT2D eigenvalue weighted by molar-refractivity contribution is 0.398. The van der Waals surface area contributed by atoms with Crippen molar-refractivity contribution in [3.63, 3.8) is 0 Å². The number of rotatable bonds is 5. The van der Waals surface area contributed by atoms with E-state index in [0.717, 1.165) is 24.6 Å². The van der Waals surface area contributed by atoms with Crippen molar-refractivity contribution in [2.24, 2.45) is 0 Å². The molecule has 0 bridgehead atoms. The third kappa shape index (κ3) is 3.60. The van der Waals surface area contributed by atoms with Gasteiger partial charge >= 0.3 is 0 Å². The molecule has 0 spiro atoms. The molecule has 3 heteroatoms. The van der Waals surface area contributed by atoms with Gasteiger partial charge in [0.25, 0.3) is 0 Å². The van der Waals surface area contributed by atoms with Crippen LogP contribution in [0.25, 0.3) is 0 Å². The highest BCUT2D eigenvalue weighted by atomic mass is 32.1. The van der Waals surface area contributed by atoms with Crippen LogP contribution in [0.3, 0.4) is 0 Å². The maximum absolute atomic E-state index is 5.09. The molecule has 0 aliphatic heterocycles. The van der Waals surface area contributed by atoms with Crippen molar-refractivity contribution in [3.05, 3.63) is 29.8 Å². The Labute approximate surface area is 91.3 Å². The van der Waals surface area contributed by atoms with Crippen molar-refractivity contribution in [2.45, 2.75) is 6.42 Å². The lowest BCUT2D eigenvalue weighted by atomic mass is 10.1. The number of benzene rings is 1. The number of hydrogen-bond acceptors (Lipinski definition) is 3. The van der Waals surface area contributed by atoms with Crippen LogP contribution in [0.1, 0.15) is 5.56 Å². The van der Waals surface area contributed by atoms with Crippen LogP contribution >= 0.6 is 12.6 Å². The Bertz CT molecular complexity index is 260. The maximum Gasteiger partial charge on any atom is 0.118 e. The molecule has 0 radical (unpaired) electrons. The summed E-state index contributed by atoms with van der Waals surface area (Å²) in [4.78, 5) is 2.17. The molecule has 0 aromatic heterocycles. The molecule has 0 aliphatic rings. The van der Waals surface area contributed by atoms with E-state index in [1.165, 1.54) is 5.56 Å². The summed E-state index contributed by atoms with van der Waals surface area (Å²) in [6.07, 6.45) is 1.06. The van der Waals surface area contributed by atoms with Gasteiger partial charge in [-0.3, -0.25) is 4.90 Å². The summed E-state index contributed by atoms with van der Waals surface area (Å²) in [6.45, 7) is 1.04. The summed E-state index contributed by atoms with van der Waals surface area (Å²) in [7, 11) is 3.75. The molecule has 0 atom stereocenters. The monoisotopic (exact) mass is 211 g/mol. The van der Waals surface area contributed by atoms with Crippen LogP contribution in [0.2, 0.25) is 0 Å². The molecule has 1 aromatic carbocycles. The summed E-state index contributed by atoms with van der Waals surface area (Å²) in [6, 6.07) is 8.20. The van der Waals surface area contributed by atoms with Gasteiger partial charge in [-0.25, -0.2) is 0 Å². The molecule has 0 amide bonds. The van der Waals surface area contributed by atoms with Crippen LogP contribution in [0, 0.1) is 0 Å². The molecule has 1 aromatic rings. The molecule has 0 heterocycles. The molecular weight excluding hydrogens is 194 g/mol. The minimum Gasteiger partial charge on any atom is -0.497 e. The van der Waals surface area contributed by atoms with Crippen molar-refractivity contribution >= 4 is 12.6 Å². The minimum absolute atomic E-state index is 0.802. The van der Waals surface area contributed by atoms with Gasteiger partial charge in [0.2, 0.25) is 0 Å². The van der Waals surface area contributed by atoms with E-state index in [9.17, 15) is 0 Å². The average molecular weight is 211 g/mol. The van der Waals surface area contributed by atoms with E-state index in [4.69, 9.17) is 4.74 Å². The normalized spacial score (nSPS) is 10.6. The Morgan fingerprint density at radius 2 is 1.93 bits per heavy atom. The van der Waals surface area contributed by atoms with Crippen LogP contribution in [-0.2, 0) is 6.42 Å². The van der Waals surface area contributed by atoms with Gasteiger partial charge in [-0.1, -0.05) is 12.1 Å². The highest BCUT2D eigenvalue weighted by Gasteiger charge is 1.97. The maximum atomic E-state index is 5.09. The van der Waals surface area contributed by atoms with E-state index in [0.29, 0.717) is 0 Å². The zero-order chi connectivity index (χ0) is 10.4. The van der Waals surface area contributed by atoms with Crippen molar-refractivity contribution in [1.82, 2.24) is 4.90 Å². The lowest BCUT2D eigenvalue weighted by Crippen LogP contribution is -2.19. The van der Waals surface area contributed by atoms with Crippen LogP contribution < -0.4 is 4.74 Å². The van der Waals surface area contributed by atoms with Crippen molar-refractivity contribution in [1.29, 1.82) is 0 Å². The molecule has 78 valence electrons. The molecule has 1 rings (SSSR count). The number of nitrogens with zero attached hydrogens (tertiary/aromatic N) is 1. The summed E-state index contributed by atoms with van der Waals surface area (Å²) < 4.78 is 5.09. The van der Waals surface area contributed by atoms with E-state index in [-0.39, 0.29) is 0 Å². The average Bonchev–Trinajstić information content (AvgIpc) is 2.26. The number of hydrogen-bond donors (Lipinski definition) is 1. The second-order valence-corrected chi connectivity index (χ2v) is 3.60. The summed E-state index contributed by atoms with van der Waals surface area (Å²) in [5.74, 6) is 1.71. The Hall–Kier alpha value is -0.670. The standard InChI is InChI=1S/C11H17NOS/c1-12(9-14)8-7-10-3-5-11(13-2)6-4-10/h3-6,14H,7-9H2,1-2H3. The zero-order valence-corrected chi connectivity index (χ0v) is 9.63. The lowest BCUT2D eigenvalue weighted by Gasteiger charge is -2.12. The molecule has 0 fully saturated rings. The number of thiol groups is 1. The van der Waals surface area contributed by atoms with Crippen LogP contribution in [0.4, 0.5) is 0 Å². The largest absolute Gasteiger partial charge is 0.497 e. The Morgan fingerprint density at radius 3 is 2.43 bits per heavy atom. The first-order valence-electron chi connectivity index (χ1n) is 4.68. The van der Waals surface area contributed by atoms with Crippen LogP contribution in [-0.4, -0.2) is 31.5 Å². The Morgan fingerprint density at radius 1 is 1.29 bits per heavy atom. The van der Waals surface area contributed by atoms with E-state index in [1.807, 2.05) is 12.1 Å². The Kier molecular flexibility index (Phi) is 4.84. The molecule has 0 saturated carbocycles. The van der Waals surface area contributed by atoms with Gasteiger partial charge in [0.15, 0.2) is 0 Å². The number of likely N-dealkylation sites (N-methyl/N-ethyl adjacent to an activating group) is 1. The second kappa shape index (κ2) is 5.94. The van der Waals surface area contributed by atoms with Crippen molar-refractivity contribution in [2.75, 3.05) is 26.6 Å². The van der Waals surface area contributed by atoms with E-state index >= 15 is 0 Å². The zero-order valence-electron chi connectivity index (χ0n) is 8.73. The molecule has 14 heavy (non-hydrogen) atoms. The van der Waals surface area contributed by atoms with Crippen molar-refractivity contribution in [3.8, 4) is 5.75 Å². The van der Waals surface area contributed by atoms with Gasteiger partial charge in [-0.2, -0.15) is 12.6 Å². The first-order chi connectivity index (χ1) is 6.76. The van der Waals surface area contributed by atoms with Gasteiger partial charge in [-0.05, 0) is 31.2 Å². The van der Waals surface area contributed by atoms with Gasteiger partial charge in [0, 0.05) is 12.4 Å². The van der Waals surface area contributed by atoms with Gasteiger partial charge in [-0.15, -0.1) is 0 Å². The summed E-state index contributed by atoms with van der Waals surface area (Å²) in [5.41, 5.74) is 1.33. The van der Waals surface area contributed by atoms with Gasteiger partial charge in [0.05, 0.1) is 7.11 Å². The topological polar surface area (TPSA) is 12.5 Å². The molecule has 0 aliphatic carbocycles. The number of methoxy groups -OCH3 is 1. The Balaban J connectivity index is 2.43. The molecule has 0 N–H and O–H groups in total. The predicted molar refractivity (Wildman–Crippen MR) is 63.2 cm³/mol. The van der Waals surface area contributed by atoms with Crippen molar-refractivity contribution < 1.29 is 4.74 Å². The summed E-state index contributed by atoms with van der Waals surface area (Å²) in [5, 5.41) is 0. The van der Waals surface area contributed by atoms with E-state index < -0.39 is 0 Å². The smallest absolute Gasteiger partial charge is 0.118 e. The van der Waals surface area contributed by atoms with E-state index in [2.05, 4.69) is 36.7 Å². The minimum atomic E-state index is 0.802. The van der Waals surface area contributed by atoms with Crippen LogP contribution in [0.15, 0.2) is 24.3 Å². The summed E-state index contributed by atoms with van der Waals surface area (Å²) >= 11 is 4.20. The quantitative estimate of drug-likeness (QED) is 0.591. The molecular formula is C11H17NOS. The first kappa shape index (κ1) is 11.4. The fourth-order valence-corrected chi connectivity index (χ4v) is 1.32. The molecule has 0 unspecified atom stereocenters. The highest BCUT2D eigenvalue weighted by Crippen LogP contribution is 2.11. The first-order valence-corrected chi connectivity index (χ1v) is 5.32. The van der Waals surface area contributed by atoms with Gasteiger partial charge < -0.3 is 4.74 Å². The van der Waals surface area contributed by atoms with Crippen LogP contribution in [0.5, 0.6) is 5.75 Å². The number of ether oxygens (including phenoxy) is 1. The third-order valence-corrected chi connectivity index (χ3v) is 2.67. The fraction of sp³-hybridized carbons (Fsp3) is 0.455. The third-order valence-electron chi connectivity index (χ3n) is 2.18. The van der Waals surface area contributed by atoms with E-state index in [1.54, 1.807) is 7.11 Å². The molecule has 0 saturated heterocycles.